The Kier molecular flexibility index (Phi) is 7.62. The van der Waals surface area contributed by atoms with Gasteiger partial charge in [-0.05, 0) is 50.6 Å². The molecule has 3 aromatic rings. The number of rotatable bonds is 8. The lowest BCUT2D eigenvalue weighted by Gasteiger charge is -2.10. The first-order valence-corrected chi connectivity index (χ1v) is 10.7. The number of aryl methyl sites for hydroxylation is 2. The van der Waals surface area contributed by atoms with E-state index in [2.05, 4.69) is 32.9 Å². The van der Waals surface area contributed by atoms with E-state index in [1.54, 1.807) is 29.7 Å². The van der Waals surface area contributed by atoms with E-state index < -0.39 is 0 Å². The maximum atomic E-state index is 12.4. The Morgan fingerprint density at radius 2 is 2.00 bits per heavy atom. The van der Waals surface area contributed by atoms with Gasteiger partial charge in [0.2, 0.25) is 0 Å². The molecule has 0 saturated carbocycles. The van der Waals surface area contributed by atoms with E-state index in [0.29, 0.717) is 25.2 Å². The van der Waals surface area contributed by atoms with Crippen molar-refractivity contribution in [1.82, 2.24) is 20.9 Å². The predicted molar refractivity (Wildman–Crippen MR) is 120 cm³/mol. The fourth-order valence-electron chi connectivity index (χ4n) is 2.78. The summed E-state index contributed by atoms with van der Waals surface area (Å²) >= 11 is 1.69. The van der Waals surface area contributed by atoms with E-state index in [0.717, 1.165) is 34.5 Å². The lowest BCUT2D eigenvalue weighted by molar-refractivity contribution is 0.0948. The summed E-state index contributed by atoms with van der Waals surface area (Å²) < 4.78 is 5.24. The van der Waals surface area contributed by atoms with Crippen LogP contribution in [0.15, 0.2) is 52.1 Å². The molecule has 0 bridgehead atoms. The number of thiazole rings is 1. The van der Waals surface area contributed by atoms with Gasteiger partial charge in [0, 0.05) is 17.0 Å². The van der Waals surface area contributed by atoms with Crippen molar-refractivity contribution >= 4 is 23.2 Å². The zero-order valence-corrected chi connectivity index (χ0v) is 18.3. The summed E-state index contributed by atoms with van der Waals surface area (Å²) in [5.41, 5.74) is 2.63. The van der Waals surface area contributed by atoms with Gasteiger partial charge in [0.25, 0.3) is 5.91 Å². The number of amides is 1. The highest BCUT2D eigenvalue weighted by Crippen LogP contribution is 2.16. The Morgan fingerprint density at radius 3 is 2.70 bits per heavy atom. The van der Waals surface area contributed by atoms with E-state index in [9.17, 15) is 4.79 Å². The Morgan fingerprint density at radius 1 is 1.13 bits per heavy atom. The molecule has 2 aromatic heterocycles. The first-order chi connectivity index (χ1) is 14.5. The Bertz CT molecular complexity index is 975. The fourth-order valence-corrected chi connectivity index (χ4v) is 3.65. The summed E-state index contributed by atoms with van der Waals surface area (Å²) in [6.07, 6.45) is 1.59. The first-order valence-electron chi connectivity index (χ1n) is 9.89. The second-order valence-electron chi connectivity index (χ2n) is 6.76. The Balaban J connectivity index is 1.59. The van der Waals surface area contributed by atoms with Crippen molar-refractivity contribution in [2.24, 2.45) is 4.99 Å². The molecule has 0 spiro atoms. The van der Waals surface area contributed by atoms with Crippen LogP contribution in [0.25, 0.3) is 0 Å². The molecule has 0 saturated heterocycles. The van der Waals surface area contributed by atoms with Gasteiger partial charge in [-0.3, -0.25) is 4.79 Å². The van der Waals surface area contributed by atoms with E-state index in [1.807, 2.05) is 38.1 Å². The van der Waals surface area contributed by atoms with E-state index in [-0.39, 0.29) is 5.91 Å². The molecule has 1 amide bonds. The van der Waals surface area contributed by atoms with E-state index in [1.165, 1.54) is 4.88 Å². The minimum Gasteiger partial charge on any atom is -0.467 e. The van der Waals surface area contributed by atoms with Crippen LogP contribution in [0.4, 0.5) is 0 Å². The van der Waals surface area contributed by atoms with Crippen LogP contribution in [0.5, 0.6) is 0 Å². The molecule has 2 heterocycles. The first kappa shape index (κ1) is 21.6. The quantitative estimate of drug-likeness (QED) is 0.379. The zero-order valence-electron chi connectivity index (χ0n) is 17.5. The highest BCUT2D eigenvalue weighted by atomic mass is 32.1. The van der Waals surface area contributed by atoms with Crippen molar-refractivity contribution in [3.8, 4) is 0 Å². The van der Waals surface area contributed by atoms with Crippen molar-refractivity contribution in [2.45, 2.75) is 40.4 Å². The molecule has 3 N–H and O–H groups in total. The number of aliphatic imine (C=N–C) groups is 1. The number of guanidine groups is 1. The largest absolute Gasteiger partial charge is 0.467 e. The summed E-state index contributed by atoms with van der Waals surface area (Å²) in [6.45, 7) is 8.33. The third-order valence-corrected chi connectivity index (χ3v) is 5.51. The van der Waals surface area contributed by atoms with Crippen molar-refractivity contribution in [3.63, 3.8) is 0 Å². The molecule has 0 aliphatic carbocycles. The average molecular weight is 426 g/mol. The number of hydrogen-bond donors (Lipinski definition) is 3. The van der Waals surface area contributed by atoms with Gasteiger partial charge in [0.1, 0.15) is 10.8 Å². The van der Waals surface area contributed by atoms with Crippen LogP contribution in [0.3, 0.4) is 0 Å². The molecule has 0 aliphatic rings. The normalized spacial score (nSPS) is 11.4. The number of aromatic nitrogens is 1. The smallest absolute Gasteiger partial charge is 0.251 e. The van der Waals surface area contributed by atoms with Crippen molar-refractivity contribution in [1.29, 1.82) is 0 Å². The number of nitrogens with zero attached hydrogens (tertiary/aromatic N) is 2. The van der Waals surface area contributed by atoms with Gasteiger partial charge in [0.15, 0.2) is 5.96 Å². The van der Waals surface area contributed by atoms with Gasteiger partial charge in [-0.15, -0.1) is 11.3 Å². The number of furan rings is 1. The Labute approximate surface area is 180 Å². The standard InChI is InChI=1S/C22H27N5O2S/c1-4-23-22(26-14-20-27-15(2)16(3)30-20)25-12-17-7-5-8-18(11-17)21(28)24-13-19-9-6-10-29-19/h5-11H,4,12-14H2,1-3H3,(H,24,28)(H2,23,25,26). The maximum Gasteiger partial charge on any atom is 0.251 e. The van der Waals surface area contributed by atoms with Crippen LogP contribution < -0.4 is 16.0 Å². The monoisotopic (exact) mass is 425 g/mol. The maximum absolute atomic E-state index is 12.4. The molecule has 0 unspecified atom stereocenters. The molecule has 1 aromatic carbocycles. The molecule has 158 valence electrons. The third kappa shape index (κ3) is 6.18. The molecule has 0 atom stereocenters. The highest BCUT2D eigenvalue weighted by molar-refractivity contribution is 7.11. The van der Waals surface area contributed by atoms with Crippen LogP contribution in [0.2, 0.25) is 0 Å². The minimum atomic E-state index is -0.142. The molecule has 0 fully saturated rings. The Hall–Kier alpha value is -3.13. The molecule has 3 rings (SSSR count). The number of hydrogen-bond acceptors (Lipinski definition) is 5. The van der Waals surface area contributed by atoms with Crippen molar-refractivity contribution < 1.29 is 9.21 Å². The average Bonchev–Trinajstić information content (AvgIpc) is 3.38. The fraction of sp³-hybridized carbons (Fsp3) is 0.318. The summed E-state index contributed by atoms with van der Waals surface area (Å²) in [5.74, 6) is 1.29. The summed E-state index contributed by atoms with van der Waals surface area (Å²) in [4.78, 5) is 22.8. The number of carbonyl (C=O) groups is 1. The predicted octanol–water partition coefficient (Wildman–Crippen LogP) is 3.54. The summed E-state index contributed by atoms with van der Waals surface area (Å²) in [7, 11) is 0. The highest BCUT2D eigenvalue weighted by Gasteiger charge is 2.08. The third-order valence-electron chi connectivity index (χ3n) is 4.44. The lowest BCUT2D eigenvalue weighted by Crippen LogP contribution is -2.36. The number of benzene rings is 1. The minimum absolute atomic E-state index is 0.142. The lowest BCUT2D eigenvalue weighted by atomic mass is 10.1. The molecule has 0 aliphatic heterocycles. The molecule has 0 radical (unpaired) electrons. The van der Waals surface area contributed by atoms with Crippen LogP contribution >= 0.6 is 11.3 Å². The van der Waals surface area contributed by atoms with Crippen LogP contribution in [-0.4, -0.2) is 23.4 Å². The number of carbonyl (C=O) groups excluding carboxylic acids is 1. The van der Waals surface area contributed by atoms with Gasteiger partial charge in [-0.25, -0.2) is 9.98 Å². The molecule has 8 heteroatoms. The van der Waals surface area contributed by atoms with E-state index >= 15 is 0 Å². The van der Waals surface area contributed by atoms with Gasteiger partial charge in [-0.1, -0.05) is 12.1 Å². The zero-order chi connectivity index (χ0) is 21.3. The summed E-state index contributed by atoms with van der Waals surface area (Å²) in [6, 6.07) is 11.1. The van der Waals surface area contributed by atoms with Gasteiger partial charge < -0.3 is 20.4 Å². The molecule has 7 nitrogen and oxygen atoms in total. The van der Waals surface area contributed by atoms with Crippen molar-refractivity contribution in [2.75, 3.05) is 6.54 Å². The van der Waals surface area contributed by atoms with Crippen LogP contribution in [-0.2, 0) is 19.6 Å². The number of nitrogens with one attached hydrogen (secondary N) is 3. The SMILES string of the molecule is CCNC(=NCc1cccc(C(=O)NCc2ccco2)c1)NCc1nc(C)c(C)s1. The van der Waals surface area contributed by atoms with Gasteiger partial charge >= 0.3 is 0 Å². The van der Waals surface area contributed by atoms with Crippen LogP contribution in [0, 0.1) is 13.8 Å². The van der Waals surface area contributed by atoms with Gasteiger partial charge in [0.05, 0.1) is 31.6 Å². The molecular formula is C22H27N5O2S. The second-order valence-corrected chi connectivity index (χ2v) is 8.05. The molecule has 30 heavy (non-hydrogen) atoms. The topological polar surface area (TPSA) is 91.5 Å². The van der Waals surface area contributed by atoms with Crippen molar-refractivity contribution in [3.05, 3.63) is 75.1 Å². The molecular weight excluding hydrogens is 398 g/mol. The summed E-state index contributed by atoms with van der Waals surface area (Å²) in [5, 5.41) is 10.5. The van der Waals surface area contributed by atoms with E-state index in [4.69, 9.17) is 4.42 Å². The van der Waals surface area contributed by atoms with Gasteiger partial charge in [-0.2, -0.15) is 0 Å². The second kappa shape index (κ2) is 10.6. The van der Waals surface area contributed by atoms with Crippen LogP contribution in [0.1, 0.15) is 44.2 Å².